The van der Waals surface area contributed by atoms with E-state index in [1.54, 1.807) is 0 Å². The molecule has 1 aliphatic carbocycles. The zero-order valence-corrected chi connectivity index (χ0v) is 15.2. The van der Waals surface area contributed by atoms with E-state index in [9.17, 15) is 9.18 Å². The number of nitrogens with zero attached hydrogens (tertiary/aromatic N) is 3. The van der Waals surface area contributed by atoms with Crippen molar-refractivity contribution in [1.29, 1.82) is 0 Å². The number of hydrogen-bond donors (Lipinski definition) is 0. The predicted molar refractivity (Wildman–Crippen MR) is 96.2 cm³/mol. The van der Waals surface area contributed by atoms with Crippen LogP contribution in [0.25, 0.3) is 0 Å². The third-order valence-electron chi connectivity index (χ3n) is 6.24. The smallest absolute Gasteiger partial charge is 0.222 e. The van der Waals surface area contributed by atoms with Crippen LogP contribution < -0.4 is 4.90 Å². The summed E-state index contributed by atoms with van der Waals surface area (Å²) in [5, 5.41) is 0.317. The first-order valence-electron chi connectivity index (χ1n) is 9.44. The number of pyridine rings is 1. The summed E-state index contributed by atoms with van der Waals surface area (Å²) < 4.78 is 14.0. The molecule has 1 amide bonds. The fourth-order valence-corrected chi connectivity index (χ4v) is 4.95. The molecule has 1 aromatic heterocycles. The maximum absolute atomic E-state index is 14.0. The number of anilines is 1. The SMILES string of the molecule is O=C(CC1CCN(c2ncc(Cl)cc2F)CC1)N1CC2CCCC2C1. The van der Waals surface area contributed by atoms with Crippen molar-refractivity contribution >= 4 is 23.3 Å². The van der Waals surface area contributed by atoms with E-state index in [1.807, 2.05) is 4.90 Å². The van der Waals surface area contributed by atoms with Crippen molar-refractivity contribution in [2.24, 2.45) is 17.8 Å². The molecule has 1 aromatic rings. The number of fused-ring (bicyclic) bond motifs is 1. The van der Waals surface area contributed by atoms with Crippen LogP contribution in [0.5, 0.6) is 0 Å². The van der Waals surface area contributed by atoms with Gasteiger partial charge < -0.3 is 9.80 Å². The van der Waals surface area contributed by atoms with Gasteiger partial charge in [0.1, 0.15) is 0 Å². The van der Waals surface area contributed by atoms with Crippen LogP contribution in [0, 0.1) is 23.6 Å². The molecule has 6 heteroatoms. The monoisotopic (exact) mass is 365 g/mol. The molecule has 0 spiro atoms. The maximum Gasteiger partial charge on any atom is 0.222 e. The molecule has 0 bridgehead atoms. The first-order valence-corrected chi connectivity index (χ1v) is 9.81. The molecule has 2 saturated heterocycles. The molecule has 25 heavy (non-hydrogen) atoms. The molecule has 4 rings (SSSR count). The molecule has 2 aliphatic heterocycles. The Hall–Kier alpha value is -1.36. The van der Waals surface area contributed by atoms with Gasteiger partial charge >= 0.3 is 0 Å². The Kier molecular flexibility index (Phi) is 4.85. The lowest BCUT2D eigenvalue weighted by atomic mass is 9.93. The molecule has 0 radical (unpaired) electrons. The van der Waals surface area contributed by atoms with Crippen molar-refractivity contribution in [3.63, 3.8) is 0 Å². The molecule has 0 N–H and O–H groups in total. The molecule has 3 aliphatic rings. The van der Waals surface area contributed by atoms with Crippen LogP contribution in [0.15, 0.2) is 12.3 Å². The van der Waals surface area contributed by atoms with Gasteiger partial charge in [-0.25, -0.2) is 9.37 Å². The minimum absolute atomic E-state index is 0.317. The average molecular weight is 366 g/mol. The number of aromatic nitrogens is 1. The van der Waals surface area contributed by atoms with Gasteiger partial charge in [-0.3, -0.25) is 4.79 Å². The molecular weight excluding hydrogens is 341 g/mol. The van der Waals surface area contributed by atoms with Crippen LogP contribution in [0.4, 0.5) is 10.2 Å². The average Bonchev–Trinajstić information content (AvgIpc) is 3.17. The van der Waals surface area contributed by atoms with Gasteiger partial charge in [0, 0.05) is 38.8 Å². The Balaban J connectivity index is 1.28. The number of carbonyl (C=O) groups excluding carboxylic acids is 1. The van der Waals surface area contributed by atoms with E-state index in [1.165, 1.54) is 31.5 Å². The van der Waals surface area contributed by atoms with Crippen molar-refractivity contribution in [1.82, 2.24) is 9.88 Å². The standard InChI is InChI=1S/C19H25ClFN3O/c20-16-9-17(21)19(22-10-16)23-6-4-13(5-7-23)8-18(25)24-11-14-2-1-3-15(14)12-24/h9-10,13-15H,1-8,11-12H2. The summed E-state index contributed by atoms with van der Waals surface area (Å²) in [7, 11) is 0. The Morgan fingerprint density at radius 2 is 1.88 bits per heavy atom. The normalized spacial score (nSPS) is 27.0. The second-order valence-electron chi connectivity index (χ2n) is 7.84. The molecule has 1 saturated carbocycles. The Morgan fingerprint density at radius 3 is 2.52 bits per heavy atom. The van der Waals surface area contributed by atoms with E-state index in [0.29, 0.717) is 29.1 Å². The summed E-state index contributed by atoms with van der Waals surface area (Å²) in [4.78, 5) is 20.8. The first-order chi connectivity index (χ1) is 12.1. The second kappa shape index (κ2) is 7.10. The Labute approximate surface area is 153 Å². The van der Waals surface area contributed by atoms with Gasteiger partial charge in [0.15, 0.2) is 11.6 Å². The molecule has 2 atom stereocenters. The van der Waals surface area contributed by atoms with Crippen molar-refractivity contribution < 1.29 is 9.18 Å². The van der Waals surface area contributed by atoms with Gasteiger partial charge in [0.05, 0.1) is 5.02 Å². The van der Waals surface area contributed by atoms with E-state index in [-0.39, 0.29) is 5.82 Å². The zero-order valence-electron chi connectivity index (χ0n) is 14.5. The quantitative estimate of drug-likeness (QED) is 0.818. The summed E-state index contributed by atoms with van der Waals surface area (Å²) in [6.07, 6.45) is 7.89. The summed E-state index contributed by atoms with van der Waals surface area (Å²) in [5.41, 5.74) is 0. The van der Waals surface area contributed by atoms with Crippen molar-refractivity contribution in [2.75, 3.05) is 31.1 Å². The van der Waals surface area contributed by atoms with Gasteiger partial charge in [-0.05, 0) is 49.5 Å². The molecule has 136 valence electrons. The lowest BCUT2D eigenvalue weighted by Gasteiger charge is -2.33. The van der Waals surface area contributed by atoms with Crippen LogP contribution in [0.1, 0.15) is 38.5 Å². The van der Waals surface area contributed by atoms with E-state index >= 15 is 0 Å². The second-order valence-corrected chi connectivity index (χ2v) is 8.28. The first kappa shape index (κ1) is 17.1. The topological polar surface area (TPSA) is 36.4 Å². The van der Waals surface area contributed by atoms with Gasteiger partial charge in [0.2, 0.25) is 5.91 Å². The summed E-state index contributed by atoms with van der Waals surface area (Å²) in [6, 6.07) is 1.31. The highest BCUT2D eigenvalue weighted by Gasteiger charge is 2.38. The number of hydrogen-bond acceptors (Lipinski definition) is 3. The van der Waals surface area contributed by atoms with Crippen LogP contribution >= 0.6 is 11.6 Å². The number of carbonyl (C=O) groups is 1. The number of amides is 1. The van der Waals surface area contributed by atoms with Gasteiger partial charge in [-0.2, -0.15) is 0 Å². The minimum Gasteiger partial charge on any atom is -0.354 e. The van der Waals surface area contributed by atoms with E-state index in [0.717, 1.165) is 50.9 Å². The summed E-state index contributed by atoms with van der Waals surface area (Å²) in [6.45, 7) is 3.44. The van der Waals surface area contributed by atoms with Gasteiger partial charge in [0.25, 0.3) is 0 Å². The van der Waals surface area contributed by atoms with Crippen LogP contribution in [0.3, 0.4) is 0 Å². The maximum atomic E-state index is 14.0. The van der Waals surface area contributed by atoms with Crippen molar-refractivity contribution in [2.45, 2.75) is 38.5 Å². The number of rotatable bonds is 3. The number of likely N-dealkylation sites (tertiary alicyclic amines) is 1. The fraction of sp³-hybridized carbons (Fsp3) is 0.684. The molecule has 2 unspecified atom stereocenters. The van der Waals surface area contributed by atoms with Crippen LogP contribution in [-0.2, 0) is 4.79 Å². The zero-order chi connectivity index (χ0) is 17.4. The molecule has 3 fully saturated rings. The highest BCUT2D eigenvalue weighted by Crippen LogP contribution is 2.38. The van der Waals surface area contributed by atoms with Gasteiger partial charge in [-0.1, -0.05) is 18.0 Å². The lowest BCUT2D eigenvalue weighted by Crippen LogP contribution is -2.37. The molecular formula is C19H25ClFN3O. The Bertz CT molecular complexity index is 636. The predicted octanol–water partition coefficient (Wildman–Crippen LogP) is 3.74. The minimum atomic E-state index is -0.370. The largest absolute Gasteiger partial charge is 0.354 e. The third-order valence-corrected chi connectivity index (χ3v) is 6.45. The number of piperidine rings is 1. The summed E-state index contributed by atoms with van der Waals surface area (Å²) in [5.74, 6) is 2.24. The highest BCUT2D eigenvalue weighted by molar-refractivity contribution is 6.30. The van der Waals surface area contributed by atoms with E-state index in [2.05, 4.69) is 9.88 Å². The fourth-order valence-electron chi connectivity index (χ4n) is 4.80. The van der Waals surface area contributed by atoms with E-state index < -0.39 is 0 Å². The van der Waals surface area contributed by atoms with Crippen molar-refractivity contribution in [3.8, 4) is 0 Å². The third kappa shape index (κ3) is 3.62. The number of halogens is 2. The molecule has 4 nitrogen and oxygen atoms in total. The van der Waals surface area contributed by atoms with E-state index in [4.69, 9.17) is 11.6 Å². The van der Waals surface area contributed by atoms with Crippen LogP contribution in [0.2, 0.25) is 5.02 Å². The summed E-state index contributed by atoms with van der Waals surface area (Å²) >= 11 is 5.77. The highest BCUT2D eigenvalue weighted by atomic mass is 35.5. The Morgan fingerprint density at radius 1 is 1.20 bits per heavy atom. The molecule has 0 aromatic carbocycles. The molecule has 3 heterocycles. The van der Waals surface area contributed by atoms with Gasteiger partial charge in [-0.15, -0.1) is 0 Å². The lowest BCUT2D eigenvalue weighted by molar-refractivity contribution is -0.131. The van der Waals surface area contributed by atoms with Crippen molar-refractivity contribution in [3.05, 3.63) is 23.1 Å². The van der Waals surface area contributed by atoms with Crippen LogP contribution in [-0.4, -0.2) is 42.0 Å².